The molecule has 21 heavy (non-hydrogen) atoms. The smallest absolute Gasteiger partial charge is 0.224 e. The summed E-state index contributed by atoms with van der Waals surface area (Å²) in [6.07, 6.45) is 5.76. The number of ether oxygens (including phenoxy) is 1. The van der Waals surface area contributed by atoms with E-state index in [-0.39, 0.29) is 11.9 Å². The normalized spacial score (nSPS) is 24.4. The molecule has 1 aliphatic heterocycles. The van der Waals surface area contributed by atoms with Crippen LogP contribution in [0.25, 0.3) is 0 Å². The van der Waals surface area contributed by atoms with E-state index in [1.165, 1.54) is 0 Å². The molecule has 0 aromatic heterocycles. The summed E-state index contributed by atoms with van der Waals surface area (Å²) in [6.45, 7) is 1.34. The highest BCUT2D eigenvalue weighted by Gasteiger charge is 2.34. The van der Waals surface area contributed by atoms with Crippen LogP contribution in [-0.4, -0.2) is 57.3 Å². The van der Waals surface area contributed by atoms with Crippen LogP contribution in [0.15, 0.2) is 0 Å². The van der Waals surface area contributed by atoms with E-state index < -0.39 is 15.3 Å². The third-order valence-electron chi connectivity index (χ3n) is 4.38. The summed E-state index contributed by atoms with van der Waals surface area (Å²) in [4.78, 5) is 13.7. The number of nitrogens with one attached hydrogen (secondary N) is 1. The van der Waals surface area contributed by atoms with Gasteiger partial charge in [-0.1, -0.05) is 12.8 Å². The van der Waals surface area contributed by atoms with Gasteiger partial charge in [-0.2, -0.15) is 0 Å². The molecule has 7 heteroatoms. The molecule has 0 unspecified atom stereocenters. The molecule has 0 aromatic rings. The Morgan fingerprint density at radius 1 is 1.24 bits per heavy atom. The number of carbonyl (C=O) groups excluding carboxylic acids is 1. The molecule has 2 aliphatic rings. The Morgan fingerprint density at radius 3 is 2.62 bits per heavy atom. The number of amides is 1. The third kappa shape index (κ3) is 4.66. The Labute approximate surface area is 127 Å². The van der Waals surface area contributed by atoms with Crippen LogP contribution in [0.4, 0.5) is 0 Å². The molecule has 1 aliphatic carbocycles. The van der Waals surface area contributed by atoms with Gasteiger partial charge in [0, 0.05) is 26.2 Å². The van der Waals surface area contributed by atoms with Crippen LogP contribution < -0.4 is 4.72 Å². The van der Waals surface area contributed by atoms with Gasteiger partial charge < -0.3 is 9.64 Å². The van der Waals surface area contributed by atoms with Crippen molar-refractivity contribution in [2.45, 2.75) is 56.2 Å². The van der Waals surface area contributed by atoms with Gasteiger partial charge in [0.25, 0.3) is 0 Å². The predicted molar refractivity (Wildman–Crippen MR) is 80.4 cm³/mol. The first kappa shape index (κ1) is 16.7. The Kier molecular flexibility index (Phi) is 6.01. The topological polar surface area (TPSA) is 75.7 Å². The van der Waals surface area contributed by atoms with Crippen LogP contribution >= 0.6 is 0 Å². The average Bonchev–Trinajstić information content (AvgIpc) is 2.97. The Morgan fingerprint density at radius 2 is 1.95 bits per heavy atom. The van der Waals surface area contributed by atoms with Gasteiger partial charge in [0.2, 0.25) is 15.9 Å². The van der Waals surface area contributed by atoms with E-state index in [1.807, 2.05) is 0 Å². The minimum atomic E-state index is -3.33. The van der Waals surface area contributed by atoms with Crippen molar-refractivity contribution in [1.29, 1.82) is 0 Å². The van der Waals surface area contributed by atoms with Gasteiger partial charge in [0.1, 0.15) is 0 Å². The first-order valence-corrected chi connectivity index (χ1v) is 9.35. The van der Waals surface area contributed by atoms with Crippen LogP contribution in [0, 0.1) is 0 Å². The molecule has 1 amide bonds. The summed E-state index contributed by atoms with van der Waals surface area (Å²) in [7, 11) is -1.77. The minimum Gasteiger partial charge on any atom is -0.384 e. The van der Waals surface area contributed by atoms with E-state index in [0.717, 1.165) is 32.1 Å². The van der Waals surface area contributed by atoms with Crippen LogP contribution in [0.1, 0.15) is 44.9 Å². The zero-order chi connectivity index (χ0) is 15.3. The Hall–Kier alpha value is -0.660. The van der Waals surface area contributed by atoms with Gasteiger partial charge in [0.05, 0.1) is 18.3 Å². The Balaban J connectivity index is 1.91. The van der Waals surface area contributed by atoms with Gasteiger partial charge in [0.15, 0.2) is 0 Å². The number of sulfonamides is 1. The number of likely N-dealkylation sites (tertiary alicyclic amines) is 1. The van der Waals surface area contributed by atoms with E-state index in [2.05, 4.69) is 4.72 Å². The summed E-state index contributed by atoms with van der Waals surface area (Å²) in [6, 6.07) is 0.0922. The summed E-state index contributed by atoms with van der Waals surface area (Å²) in [5.74, 6) is -0.0161. The molecule has 122 valence electrons. The van der Waals surface area contributed by atoms with E-state index in [1.54, 1.807) is 12.0 Å². The standard InChI is InChI=1S/C14H26N2O4S/c1-20-10-8-14(17)16-9-4-7-13(11-16)21(18,19)15-12-5-2-3-6-12/h12-13,15H,2-11H2,1H3/t13-/m0/s1. The van der Waals surface area contributed by atoms with Gasteiger partial charge in [-0.05, 0) is 25.7 Å². The molecule has 1 N–H and O–H groups in total. The Bertz CT molecular complexity index is 446. The molecule has 0 bridgehead atoms. The second-order valence-electron chi connectivity index (χ2n) is 5.99. The van der Waals surface area contributed by atoms with Gasteiger partial charge in [-0.3, -0.25) is 4.79 Å². The van der Waals surface area contributed by atoms with Crippen LogP contribution in [0.2, 0.25) is 0 Å². The van der Waals surface area contributed by atoms with Crippen LogP contribution in [0.5, 0.6) is 0 Å². The number of rotatable bonds is 6. The SMILES string of the molecule is COCCC(=O)N1CCC[C@H](S(=O)(=O)NC2CCCC2)C1. The fraction of sp³-hybridized carbons (Fsp3) is 0.929. The van der Waals surface area contributed by atoms with Crippen molar-refractivity contribution in [3.05, 3.63) is 0 Å². The number of carbonyl (C=O) groups is 1. The van der Waals surface area contributed by atoms with Crippen molar-refractivity contribution < 1.29 is 17.9 Å². The molecule has 1 saturated carbocycles. The molecular formula is C14H26N2O4S. The number of piperidine rings is 1. The summed E-state index contributed by atoms with van der Waals surface area (Å²) in [5.41, 5.74) is 0. The molecule has 0 radical (unpaired) electrons. The zero-order valence-corrected chi connectivity index (χ0v) is 13.5. The highest BCUT2D eigenvalue weighted by atomic mass is 32.2. The van der Waals surface area contributed by atoms with Crippen molar-refractivity contribution in [2.24, 2.45) is 0 Å². The highest BCUT2D eigenvalue weighted by Crippen LogP contribution is 2.22. The molecule has 2 rings (SSSR count). The van der Waals surface area contributed by atoms with E-state index in [0.29, 0.717) is 32.5 Å². The lowest BCUT2D eigenvalue weighted by Crippen LogP contribution is -2.50. The average molecular weight is 318 g/mol. The van der Waals surface area contributed by atoms with Crippen LogP contribution in [0.3, 0.4) is 0 Å². The molecular weight excluding hydrogens is 292 g/mol. The third-order valence-corrected chi connectivity index (χ3v) is 6.30. The minimum absolute atomic E-state index is 0.0161. The van der Waals surface area contributed by atoms with Gasteiger partial charge >= 0.3 is 0 Å². The summed E-state index contributed by atoms with van der Waals surface area (Å²) in [5, 5.41) is -0.474. The number of nitrogens with zero attached hydrogens (tertiary/aromatic N) is 1. The summed E-state index contributed by atoms with van der Waals surface area (Å²) < 4.78 is 32.6. The van der Waals surface area contributed by atoms with Gasteiger partial charge in [-0.15, -0.1) is 0 Å². The molecule has 6 nitrogen and oxygen atoms in total. The maximum absolute atomic E-state index is 12.5. The first-order chi connectivity index (χ1) is 10.0. The maximum atomic E-state index is 12.5. The predicted octanol–water partition coefficient (Wildman–Crippen LogP) is 0.876. The monoisotopic (exact) mass is 318 g/mol. The molecule has 1 heterocycles. The van der Waals surface area contributed by atoms with Crippen molar-refractivity contribution in [2.75, 3.05) is 26.8 Å². The van der Waals surface area contributed by atoms with E-state index >= 15 is 0 Å². The second kappa shape index (κ2) is 7.56. The van der Waals surface area contributed by atoms with Crippen molar-refractivity contribution in [3.8, 4) is 0 Å². The van der Waals surface area contributed by atoms with Crippen molar-refractivity contribution >= 4 is 15.9 Å². The molecule has 0 aromatic carbocycles. The largest absolute Gasteiger partial charge is 0.384 e. The molecule has 0 spiro atoms. The fourth-order valence-corrected chi connectivity index (χ4v) is 4.88. The molecule has 1 atom stereocenters. The van der Waals surface area contributed by atoms with Gasteiger partial charge in [-0.25, -0.2) is 13.1 Å². The first-order valence-electron chi connectivity index (χ1n) is 7.81. The maximum Gasteiger partial charge on any atom is 0.224 e. The van der Waals surface area contributed by atoms with E-state index in [4.69, 9.17) is 4.74 Å². The lowest BCUT2D eigenvalue weighted by Gasteiger charge is -2.33. The lowest BCUT2D eigenvalue weighted by atomic mass is 10.1. The number of hydrogen-bond donors (Lipinski definition) is 1. The van der Waals surface area contributed by atoms with E-state index in [9.17, 15) is 13.2 Å². The van der Waals surface area contributed by atoms with Crippen molar-refractivity contribution in [1.82, 2.24) is 9.62 Å². The van der Waals surface area contributed by atoms with Crippen LogP contribution in [-0.2, 0) is 19.6 Å². The lowest BCUT2D eigenvalue weighted by molar-refractivity contribution is -0.132. The number of hydrogen-bond acceptors (Lipinski definition) is 4. The second-order valence-corrected chi connectivity index (χ2v) is 7.98. The zero-order valence-electron chi connectivity index (χ0n) is 12.7. The quantitative estimate of drug-likeness (QED) is 0.789. The fourth-order valence-electron chi connectivity index (χ4n) is 3.14. The molecule has 1 saturated heterocycles. The molecule has 2 fully saturated rings. The highest BCUT2D eigenvalue weighted by molar-refractivity contribution is 7.90. The number of methoxy groups -OCH3 is 1. The summed E-state index contributed by atoms with van der Waals surface area (Å²) >= 11 is 0. The van der Waals surface area contributed by atoms with Crippen molar-refractivity contribution in [3.63, 3.8) is 0 Å².